The van der Waals surface area contributed by atoms with Gasteiger partial charge in [-0.15, -0.1) is 0 Å². The minimum absolute atomic E-state index is 0.296. The Hall–Kier alpha value is -2.36. The van der Waals surface area contributed by atoms with Crippen LogP contribution in [0.3, 0.4) is 0 Å². The van der Waals surface area contributed by atoms with Gasteiger partial charge in [-0.1, -0.05) is 11.2 Å². The molecule has 0 heterocycles. The second-order valence-corrected chi connectivity index (χ2v) is 3.96. The third-order valence-electron chi connectivity index (χ3n) is 2.56. The van der Waals surface area contributed by atoms with Crippen LogP contribution in [-0.2, 0) is 6.18 Å². The van der Waals surface area contributed by atoms with Gasteiger partial charge in [0, 0.05) is 11.0 Å². The van der Waals surface area contributed by atoms with Crippen LogP contribution in [0.25, 0.3) is 10.4 Å². The summed E-state index contributed by atoms with van der Waals surface area (Å²) < 4.78 is 37.8. The molecule has 11 heteroatoms. The van der Waals surface area contributed by atoms with Crippen molar-refractivity contribution < 1.29 is 28.3 Å². The van der Waals surface area contributed by atoms with Gasteiger partial charge in [0.05, 0.1) is 17.6 Å². The summed E-state index contributed by atoms with van der Waals surface area (Å²) in [5, 5.41) is 32.8. The van der Waals surface area contributed by atoms with Crippen LogP contribution in [-0.4, -0.2) is 27.8 Å². The summed E-state index contributed by atoms with van der Waals surface area (Å²) in [5.74, 6) is 0. The number of alkyl halides is 3. The number of rotatable bonds is 5. The van der Waals surface area contributed by atoms with Crippen molar-refractivity contribution in [3.8, 4) is 0 Å². The van der Waals surface area contributed by atoms with Crippen LogP contribution in [0.4, 0.5) is 18.9 Å². The predicted octanol–water partition coefficient (Wildman–Crippen LogP) is 2.32. The van der Waals surface area contributed by atoms with Gasteiger partial charge in [0.2, 0.25) is 0 Å². The minimum atomic E-state index is -4.92. The standard InChI is InChI=1S/C10H9F3N4O4/c11-10(12,13)6-2-1-5(3-7(6)17(20)21)9(19)8(18)4-15-16-14/h1-3,8-9,18-19H,4H2. The molecule has 1 rings (SSSR count). The summed E-state index contributed by atoms with van der Waals surface area (Å²) in [5.41, 5.74) is 5.06. The molecule has 1 aromatic rings. The predicted molar refractivity (Wildman–Crippen MR) is 63.1 cm³/mol. The largest absolute Gasteiger partial charge is 0.422 e. The number of azide groups is 1. The Morgan fingerprint density at radius 3 is 2.52 bits per heavy atom. The molecule has 0 aliphatic rings. The molecule has 0 fully saturated rings. The van der Waals surface area contributed by atoms with Crippen LogP contribution in [0.2, 0.25) is 0 Å². The molecule has 0 spiro atoms. The lowest BCUT2D eigenvalue weighted by atomic mass is 10.0. The molecule has 0 radical (unpaired) electrons. The highest BCUT2D eigenvalue weighted by Gasteiger charge is 2.38. The van der Waals surface area contributed by atoms with E-state index in [9.17, 15) is 33.5 Å². The molecule has 0 saturated heterocycles. The fourth-order valence-corrected chi connectivity index (χ4v) is 1.57. The number of nitrogens with zero attached hydrogens (tertiary/aromatic N) is 4. The fourth-order valence-electron chi connectivity index (χ4n) is 1.57. The maximum absolute atomic E-state index is 12.6. The van der Waals surface area contributed by atoms with Crippen molar-refractivity contribution in [3.63, 3.8) is 0 Å². The Labute approximate surface area is 115 Å². The van der Waals surface area contributed by atoms with Crippen molar-refractivity contribution >= 4 is 5.69 Å². The van der Waals surface area contributed by atoms with E-state index in [0.29, 0.717) is 12.1 Å². The van der Waals surface area contributed by atoms with E-state index < -0.39 is 41.1 Å². The van der Waals surface area contributed by atoms with E-state index in [1.165, 1.54) is 0 Å². The van der Waals surface area contributed by atoms with Crippen molar-refractivity contribution in [2.75, 3.05) is 6.54 Å². The minimum Gasteiger partial charge on any atom is -0.390 e. The molecule has 0 aliphatic heterocycles. The monoisotopic (exact) mass is 306 g/mol. The van der Waals surface area contributed by atoms with Gasteiger partial charge in [-0.3, -0.25) is 10.1 Å². The number of aliphatic hydroxyl groups is 2. The van der Waals surface area contributed by atoms with E-state index >= 15 is 0 Å². The SMILES string of the molecule is [N-]=[N+]=NCC(O)C(O)c1ccc(C(F)(F)F)c([N+](=O)[O-])c1. The Bertz CT molecular complexity index is 586. The van der Waals surface area contributed by atoms with E-state index in [-0.39, 0.29) is 5.56 Å². The van der Waals surface area contributed by atoms with E-state index in [1.54, 1.807) is 0 Å². The summed E-state index contributed by atoms with van der Waals surface area (Å²) >= 11 is 0. The molecular formula is C10H9F3N4O4. The molecule has 1 aromatic carbocycles. The number of aliphatic hydroxyl groups excluding tert-OH is 2. The number of hydrogen-bond acceptors (Lipinski definition) is 5. The highest BCUT2D eigenvalue weighted by molar-refractivity contribution is 5.45. The lowest BCUT2D eigenvalue weighted by Crippen LogP contribution is -2.21. The topological polar surface area (TPSA) is 132 Å². The summed E-state index contributed by atoms with van der Waals surface area (Å²) in [6.07, 6.45) is -8.25. The van der Waals surface area contributed by atoms with Crippen molar-refractivity contribution in [1.82, 2.24) is 0 Å². The zero-order chi connectivity index (χ0) is 16.2. The molecule has 0 amide bonds. The van der Waals surface area contributed by atoms with E-state index in [4.69, 9.17) is 5.53 Å². The number of benzene rings is 1. The second-order valence-electron chi connectivity index (χ2n) is 3.96. The van der Waals surface area contributed by atoms with Gasteiger partial charge in [0.15, 0.2) is 0 Å². The third-order valence-corrected chi connectivity index (χ3v) is 2.56. The average Bonchev–Trinajstić information content (AvgIpc) is 2.42. The molecule has 2 unspecified atom stereocenters. The second kappa shape index (κ2) is 6.39. The normalized spacial score (nSPS) is 14.1. The first kappa shape index (κ1) is 16.7. The number of nitro groups is 1. The first-order valence-corrected chi connectivity index (χ1v) is 5.41. The van der Waals surface area contributed by atoms with Crippen LogP contribution in [0, 0.1) is 10.1 Å². The fraction of sp³-hybridized carbons (Fsp3) is 0.400. The van der Waals surface area contributed by atoms with E-state index in [2.05, 4.69) is 10.0 Å². The molecule has 0 saturated carbocycles. The quantitative estimate of drug-likeness (QED) is 0.284. The maximum atomic E-state index is 12.6. The Morgan fingerprint density at radius 2 is 2.05 bits per heavy atom. The van der Waals surface area contributed by atoms with E-state index in [0.717, 1.165) is 6.07 Å². The molecule has 8 nitrogen and oxygen atoms in total. The van der Waals surface area contributed by atoms with Crippen LogP contribution in [0.15, 0.2) is 23.3 Å². The number of nitro benzene ring substituents is 1. The van der Waals surface area contributed by atoms with Crippen LogP contribution in [0.1, 0.15) is 17.2 Å². The lowest BCUT2D eigenvalue weighted by Gasteiger charge is -2.17. The Kier molecular flexibility index (Phi) is 5.08. The van der Waals surface area contributed by atoms with Crippen molar-refractivity contribution in [3.05, 3.63) is 49.9 Å². The van der Waals surface area contributed by atoms with Crippen molar-refractivity contribution in [2.24, 2.45) is 5.11 Å². The molecule has 0 aliphatic carbocycles. The number of hydrogen-bond donors (Lipinski definition) is 2. The number of halogens is 3. The first-order valence-electron chi connectivity index (χ1n) is 5.41. The highest BCUT2D eigenvalue weighted by Crippen LogP contribution is 2.37. The summed E-state index contributed by atoms with van der Waals surface area (Å²) in [4.78, 5) is 11.8. The molecular weight excluding hydrogens is 297 g/mol. The zero-order valence-electron chi connectivity index (χ0n) is 10.2. The van der Waals surface area contributed by atoms with E-state index in [1.807, 2.05) is 0 Å². The highest BCUT2D eigenvalue weighted by atomic mass is 19.4. The molecule has 21 heavy (non-hydrogen) atoms. The van der Waals surface area contributed by atoms with Crippen LogP contribution in [0.5, 0.6) is 0 Å². The maximum Gasteiger partial charge on any atom is 0.422 e. The summed E-state index contributed by atoms with van der Waals surface area (Å²) in [7, 11) is 0. The zero-order valence-corrected chi connectivity index (χ0v) is 10.2. The Balaban J connectivity index is 3.20. The first-order chi connectivity index (χ1) is 9.68. The van der Waals surface area contributed by atoms with Gasteiger partial charge in [-0.05, 0) is 17.2 Å². The van der Waals surface area contributed by atoms with Crippen molar-refractivity contribution in [1.29, 1.82) is 0 Å². The molecule has 2 N–H and O–H groups in total. The van der Waals surface area contributed by atoms with Gasteiger partial charge in [0.1, 0.15) is 11.7 Å². The van der Waals surface area contributed by atoms with Gasteiger partial charge >= 0.3 is 6.18 Å². The Morgan fingerprint density at radius 1 is 1.43 bits per heavy atom. The van der Waals surface area contributed by atoms with Crippen LogP contribution < -0.4 is 0 Å². The molecule has 0 aromatic heterocycles. The van der Waals surface area contributed by atoms with Gasteiger partial charge in [0.25, 0.3) is 5.69 Å². The summed E-state index contributed by atoms with van der Waals surface area (Å²) in [6.45, 7) is -0.535. The lowest BCUT2D eigenvalue weighted by molar-refractivity contribution is -0.388. The molecule has 114 valence electrons. The average molecular weight is 306 g/mol. The third kappa shape index (κ3) is 4.05. The van der Waals surface area contributed by atoms with Gasteiger partial charge < -0.3 is 10.2 Å². The summed E-state index contributed by atoms with van der Waals surface area (Å²) in [6, 6.07) is 1.77. The van der Waals surface area contributed by atoms with Gasteiger partial charge in [-0.25, -0.2) is 0 Å². The molecule has 2 atom stereocenters. The molecule has 0 bridgehead atoms. The van der Waals surface area contributed by atoms with Gasteiger partial charge in [-0.2, -0.15) is 13.2 Å². The smallest absolute Gasteiger partial charge is 0.390 e. The van der Waals surface area contributed by atoms with Crippen molar-refractivity contribution in [2.45, 2.75) is 18.4 Å². The van der Waals surface area contributed by atoms with Crippen LogP contribution >= 0.6 is 0 Å².